The monoisotopic (exact) mass is 374 g/mol. The summed E-state index contributed by atoms with van der Waals surface area (Å²) < 4.78 is 0. The Morgan fingerprint density at radius 2 is 1.79 bits per heavy atom. The molecule has 0 aromatic carbocycles. The summed E-state index contributed by atoms with van der Waals surface area (Å²) in [7, 11) is 0. The van der Waals surface area contributed by atoms with E-state index in [1.54, 1.807) is 0 Å². The number of hydrogen-bond acceptors (Lipinski definition) is 8. The molecule has 11 nitrogen and oxygen atoms in total. The van der Waals surface area contributed by atoms with Gasteiger partial charge in [0.15, 0.2) is 0 Å². The maximum atomic E-state index is 11.5. The van der Waals surface area contributed by atoms with Crippen molar-refractivity contribution in [1.82, 2.24) is 10.6 Å². The molecular weight excluding hydrogens is 355 g/mol. The van der Waals surface area contributed by atoms with Gasteiger partial charge in [-0.15, -0.1) is 0 Å². The minimum Gasteiger partial charge on any atom is -1.00 e. The van der Waals surface area contributed by atoms with Gasteiger partial charge < -0.3 is 33.1 Å². The molecule has 24 heavy (non-hydrogen) atoms. The Morgan fingerprint density at radius 3 is 2.17 bits per heavy atom. The van der Waals surface area contributed by atoms with E-state index in [4.69, 9.17) is 26.3 Å². The van der Waals surface area contributed by atoms with Crippen LogP contribution in [-0.2, 0) is 19.2 Å². The average Bonchev–Trinajstić information content (AvgIpc) is 2.48. The number of rotatable bonds is 9. The number of thiol groups is 1. The third kappa shape index (κ3) is 15.4. The van der Waals surface area contributed by atoms with Crippen molar-refractivity contribution in [3.05, 3.63) is 0 Å². The standard InChI is InChI=1S/C10H17N3O6S.CHNO.Na.H/c11-5(10(18)19)1-2-7(14)13-6(4-20)9(17)12-3-8(15)16;2-1-3;;/h5-6,20H,1-4,11H2,(H,12,17)(H,13,14)(H,15,16)(H,18,19);3H;;/q;;+1;-1/t5-,6-;;;/m0.../s1. The summed E-state index contributed by atoms with van der Waals surface area (Å²) in [6.45, 7) is -0.567. The van der Waals surface area contributed by atoms with Gasteiger partial charge in [-0.05, 0) is 6.42 Å². The van der Waals surface area contributed by atoms with E-state index in [0.29, 0.717) is 0 Å². The number of carbonyl (C=O) groups excluding carboxylic acids is 2. The molecule has 13 heteroatoms. The predicted molar refractivity (Wildman–Crippen MR) is 79.9 cm³/mol. The minimum absolute atomic E-state index is 0. The van der Waals surface area contributed by atoms with Crippen LogP contribution >= 0.6 is 12.6 Å². The van der Waals surface area contributed by atoms with E-state index in [2.05, 4.69) is 23.3 Å². The van der Waals surface area contributed by atoms with Gasteiger partial charge >= 0.3 is 41.5 Å². The van der Waals surface area contributed by atoms with E-state index in [-0.39, 0.29) is 49.6 Å². The predicted octanol–water partition coefficient (Wildman–Crippen LogP) is -5.25. The average molecular weight is 374 g/mol. The van der Waals surface area contributed by atoms with Crippen LogP contribution in [0, 0.1) is 11.5 Å². The van der Waals surface area contributed by atoms with Crippen LogP contribution in [0.4, 0.5) is 0 Å². The Hall–Kier alpha value is -1.52. The van der Waals surface area contributed by atoms with Gasteiger partial charge in [-0.1, -0.05) is 0 Å². The van der Waals surface area contributed by atoms with Crippen molar-refractivity contribution in [2.45, 2.75) is 24.9 Å². The maximum absolute atomic E-state index is 11.5. The first-order valence-electron chi connectivity index (χ1n) is 6.10. The first-order valence-corrected chi connectivity index (χ1v) is 6.74. The number of hydrogen-bond donors (Lipinski definition) is 7. The number of aliphatic carboxylic acids is 2. The number of nitrogens with two attached hydrogens (primary N) is 1. The molecule has 0 radical (unpaired) electrons. The number of carboxylic acids is 2. The number of amides is 2. The van der Waals surface area contributed by atoms with E-state index in [0.717, 1.165) is 6.26 Å². The first-order chi connectivity index (χ1) is 10.7. The molecule has 0 saturated heterocycles. The summed E-state index contributed by atoms with van der Waals surface area (Å²) in [5.41, 5.74) is 5.23. The summed E-state index contributed by atoms with van der Waals surface area (Å²) in [5.74, 6) is -3.70. The second-order valence-corrected chi connectivity index (χ2v) is 4.36. The van der Waals surface area contributed by atoms with Gasteiger partial charge in [-0.25, -0.2) is 0 Å². The molecule has 0 aliphatic heterocycles. The number of aliphatic hydroxyl groups is 1. The summed E-state index contributed by atoms with van der Waals surface area (Å²) in [6, 6.07) is -2.15. The topological polar surface area (TPSA) is 203 Å². The third-order valence-corrected chi connectivity index (χ3v) is 2.61. The molecule has 0 saturated carbocycles. The summed E-state index contributed by atoms with van der Waals surface area (Å²) in [6.07, 6.45) is 0.515. The second-order valence-electron chi connectivity index (χ2n) is 4.00. The minimum atomic E-state index is -1.22. The molecule has 0 bridgehead atoms. The Bertz CT molecular complexity index is 478. The van der Waals surface area contributed by atoms with Gasteiger partial charge in [0.2, 0.25) is 11.8 Å². The van der Waals surface area contributed by atoms with Crippen LogP contribution in [0.3, 0.4) is 0 Å². The fourth-order valence-electron chi connectivity index (χ4n) is 1.16. The number of aliphatic hydroxyl groups excluding tert-OH is 1. The van der Waals surface area contributed by atoms with E-state index >= 15 is 0 Å². The molecule has 0 spiro atoms. The fraction of sp³-hybridized carbons (Fsp3) is 0.545. The molecular formula is C11H19N4NaO7S. The number of nitriles is 1. The van der Waals surface area contributed by atoms with Gasteiger partial charge in [0.05, 0.1) is 0 Å². The van der Waals surface area contributed by atoms with Gasteiger partial charge in [-0.3, -0.25) is 19.2 Å². The van der Waals surface area contributed by atoms with Crippen molar-refractivity contribution in [2.75, 3.05) is 12.3 Å². The van der Waals surface area contributed by atoms with E-state index < -0.39 is 42.4 Å². The second kappa shape index (κ2) is 16.3. The van der Waals surface area contributed by atoms with Crippen LogP contribution in [0.1, 0.15) is 14.3 Å². The summed E-state index contributed by atoms with van der Waals surface area (Å²) >= 11 is 3.87. The van der Waals surface area contributed by atoms with Crippen LogP contribution in [0.25, 0.3) is 0 Å². The molecule has 0 fully saturated rings. The van der Waals surface area contributed by atoms with Crippen molar-refractivity contribution in [2.24, 2.45) is 5.73 Å². The summed E-state index contributed by atoms with van der Waals surface area (Å²) in [4.78, 5) is 43.7. The van der Waals surface area contributed by atoms with Crippen molar-refractivity contribution >= 4 is 36.4 Å². The van der Waals surface area contributed by atoms with E-state index in [1.165, 1.54) is 0 Å². The molecule has 0 heterocycles. The van der Waals surface area contributed by atoms with Crippen molar-refractivity contribution in [3.8, 4) is 6.26 Å². The number of nitrogens with zero attached hydrogens (tertiary/aromatic N) is 1. The van der Waals surface area contributed by atoms with Crippen LogP contribution in [0.2, 0.25) is 0 Å². The van der Waals surface area contributed by atoms with Crippen LogP contribution in [0.15, 0.2) is 0 Å². The van der Waals surface area contributed by atoms with E-state index in [9.17, 15) is 19.2 Å². The van der Waals surface area contributed by atoms with Gasteiger partial charge in [0.25, 0.3) is 6.26 Å². The van der Waals surface area contributed by atoms with Crippen LogP contribution in [0.5, 0.6) is 0 Å². The molecule has 7 N–H and O–H groups in total. The van der Waals surface area contributed by atoms with Crippen LogP contribution in [-0.4, -0.2) is 63.5 Å². The summed E-state index contributed by atoms with van der Waals surface area (Å²) in [5, 5.41) is 35.1. The smallest absolute Gasteiger partial charge is 1.00 e. The quantitative estimate of drug-likeness (QED) is 0.117. The van der Waals surface area contributed by atoms with Crippen LogP contribution < -0.4 is 45.9 Å². The van der Waals surface area contributed by atoms with Gasteiger partial charge in [0, 0.05) is 12.2 Å². The fourth-order valence-corrected chi connectivity index (χ4v) is 1.41. The largest absolute Gasteiger partial charge is 1.00 e. The zero-order chi connectivity index (χ0) is 18.4. The molecule has 0 rings (SSSR count). The molecule has 0 aromatic rings. The number of carboxylic acid groups (broad SMARTS) is 2. The van der Waals surface area contributed by atoms with Crippen molar-refractivity contribution < 1.29 is 65.5 Å². The zero-order valence-electron chi connectivity index (χ0n) is 13.9. The van der Waals surface area contributed by atoms with Gasteiger partial charge in [0.1, 0.15) is 18.6 Å². The molecule has 0 aliphatic rings. The molecule has 0 aromatic heterocycles. The normalized spacial score (nSPS) is 11.2. The molecule has 0 unspecified atom stereocenters. The molecule has 2 amide bonds. The molecule has 0 aliphatic carbocycles. The third-order valence-electron chi connectivity index (χ3n) is 2.25. The van der Waals surface area contributed by atoms with Crippen molar-refractivity contribution in [3.63, 3.8) is 0 Å². The zero-order valence-corrected chi connectivity index (χ0v) is 15.8. The SMILES string of the molecule is N#CO.N[C@@H](CCC(=O)N[C@@H](CS)C(=O)NCC(=O)O)C(=O)O.[H-].[Na+]. The number of carbonyl (C=O) groups is 4. The Kier molecular flexibility index (Phi) is 18.6. The Labute approximate surface area is 166 Å². The molecule has 132 valence electrons. The van der Waals surface area contributed by atoms with E-state index in [1.807, 2.05) is 0 Å². The van der Waals surface area contributed by atoms with Gasteiger partial charge in [-0.2, -0.15) is 17.9 Å². The molecule has 2 atom stereocenters. The Morgan fingerprint density at radius 1 is 1.29 bits per heavy atom. The Balaban J connectivity index is -0.000000409. The maximum Gasteiger partial charge on any atom is 1.00 e. The number of nitrogens with one attached hydrogen (secondary N) is 2. The van der Waals surface area contributed by atoms with Crippen molar-refractivity contribution in [1.29, 1.82) is 5.26 Å². The first kappa shape index (κ1) is 27.3.